The Morgan fingerprint density at radius 2 is 1.88 bits per heavy atom. The summed E-state index contributed by atoms with van der Waals surface area (Å²) in [6.45, 7) is 11.9. The predicted molar refractivity (Wildman–Crippen MR) is 166 cm³/mol. The molecule has 1 spiro atoms. The molecule has 228 valence electrons. The number of carbonyl (C=O) groups is 2. The molecule has 3 saturated heterocycles. The molecule has 1 aliphatic carbocycles. The Balaban J connectivity index is 1.31. The molecule has 1 N–H and O–H groups in total. The van der Waals surface area contributed by atoms with Gasteiger partial charge < -0.3 is 19.4 Å². The van der Waals surface area contributed by atoms with Gasteiger partial charge in [0.15, 0.2) is 5.82 Å². The van der Waals surface area contributed by atoms with E-state index in [2.05, 4.69) is 33.3 Å². The molecular weight excluding hydrogens is 566 g/mol. The van der Waals surface area contributed by atoms with Crippen molar-refractivity contribution in [3.63, 3.8) is 0 Å². The number of anilines is 1. The van der Waals surface area contributed by atoms with Crippen molar-refractivity contribution in [3.8, 4) is 11.1 Å². The van der Waals surface area contributed by atoms with Gasteiger partial charge in [-0.05, 0) is 76.5 Å². The molecule has 43 heavy (non-hydrogen) atoms. The molecule has 2 aromatic heterocycles. The van der Waals surface area contributed by atoms with Crippen LogP contribution in [-0.2, 0) is 14.3 Å². The average molecular weight is 606 g/mol. The third kappa shape index (κ3) is 4.65. The number of aromatic nitrogens is 4. The highest BCUT2D eigenvalue weighted by Crippen LogP contribution is 2.49. The Hall–Kier alpha value is -3.37. The number of piperazine rings is 1. The fraction of sp³-hybridized carbons (Fsp3) is 0.562. The van der Waals surface area contributed by atoms with E-state index in [4.69, 9.17) is 21.4 Å². The lowest BCUT2D eigenvalue weighted by Crippen LogP contribution is -2.67. The fourth-order valence-corrected chi connectivity index (χ4v) is 7.98. The molecule has 3 aromatic rings. The number of hydrogen-bond acceptors (Lipinski definition) is 6. The lowest BCUT2D eigenvalue weighted by molar-refractivity contribution is -0.143. The second kappa shape index (κ2) is 11.0. The van der Waals surface area contributed by atoms with E-state index in [1.165, 1.54) is 6.08 Å². The maximum atomic E-state index is 13.4. The van der Waals surface area contributed by atoms with Gasteiger partial charge in [0.1, 0.15) is 6.10 Å². The van der Waals surface area contributed by atoms with E-state index >= 15 is 0 Å². The smallest absolute Gasteiger partial charge is 0.251 e. The van der Waals surface area contributed by atoms with Crippen molar-refractivity contribution in [3.05, 3.63) is 41.2 Å². The van der Waals surface area contributed by atoms with Gasteiger partial charge in [0.25, 0.3) is 5.91 Å². The minimum absolute atomic E-state index is 0.0201. The largest absolute Gasteiger partial charge is 0.368 e. The zero-order valence-electron chi connectivity index (χ0n) is 25.1. The number of hydrogen-bond donors (Lipinski definition) is 1. The van der Waals surface area contributed by atoms with Gasteiger partial charge in [0.05, 0.1) is 28.3 Å². The van der Waals surface area contributed by atoms with Gasteiger partial charge in [-0.1, -0.05) is 18.2 Å². The van der Waals surface area contributed by atoms with Crippen LogP contribution in [0.3, 0.4) is 0 Å². The topological polar surface area (TPSA) is 99.6 Å². The molecule has 1 aromatic carbocycles. The minimum atomic E-state index is -0.306. The fourth-order valence-electron chi connectivity index (χ4n) is 7.73. The molecule has 4 fully saturated rings. The van der Waals surface area contributed by atoms with Gasteiger partial charge >= 0.3 is 0 Å². The Bertz CT molecular complexity index is 1580. The predicted octanol–water partition coefficient (Wildman–Crippen LogP) is 4.80. The Labute approximate surface area is 257 Å². The van der Waals surface area contributed by atoms with Crippen molar-refractivity contribution in [2.24, 2.45) is 0 Å². The number of carbonyl (C=O) groups excluding carboxylic acids is 2. The Morgan fingerprint density at radius 1 is 1.09 bits per heavy atom. The Kier molecular flexibility index (Phi) is 7.24. The van der Waals surface area contributed by atoms with E-state index in [0.717, 1.165) is 84.1 Å². The molecule has 5 heterocycles. The summed E-state index contributed by atoms with van der Waals surface area (Å²) >= 11 is 7.15. The molecule has 0 bridgehead atoms. The van der Waals surface area contributed by atoms with Gasteiger partial charge in [0, 0.05) is 61.5 Å². The number of rotatable bonds is 5. The minimum Gasteiger partial charge on any atom is -0.368 e. The number of benzene rings is 1. The molecule has 11 heteroatoms. The average Bonchev–Trinajstić information content (AvgIpc) is 3.77. The number of aryl methyl sites for hydroxylation is 1. The summed E-state index contributed by atoms with van der Waals surface area (Å²) in [5, 5.41) is 14.6. The van der Waals surface area contributed by atoms with Crippen LogP contribution in [0.2, 0.25) is 5.02 Å². The van der Waals surface area contributed by atoms with E-state index in [1.807, 2.05) is 29.0 Å². The third-order valence-corrected chi connectivity index (χ3v) is 10.7. The van der Waals surface area contributed by atoms with Crippen LogP contribution in [0.1, 0.15) is 62.2 Å². The summed E-state index contributed by atoms with van der Waals surface area (Å²) in [5.41, 5.74) is 4.81. The van der Waals surface area contributed by atoms with Crippen LogP contribution in [0.5, 0.6) is 0 Å². The maximum absolute atomic E-state index is 13.4. The lowest BCUT2D eigenvalue weighted by atomic mass is 9.73. The van der Waals surface area contributed by atoms with Crippen LogP contribution >= 0.6 is 11.6 Å². The summed E-state index contributed by atoms with van der Waals surface area (Å²) in [7, 11) is 0. The van der Waals surface area contributed by atoms with Crippen LogP contribution in [0, 0.1) is 13.8 Å². The number of ether oxygens (including phenoxy) is 1. The number of likely N-dealkylation sites (tertiary alicyclic amines) is 1. The quantitative estimate of drug-likeness (QED) is 0.420. The van der Waals surface area contributed by atoms with Gasteiger partial charge in [-0.15, -0.1) is 0 Å². The highest BCUT2D eigenvalue weighted by atomic mass is 35.5. The number of nitrogens with zero attached hydrogens (tertiary/aromatic N) is 6. The van der Waals surface area contributed by atoms with E-state index in [1.54, 1.807) is 0 Å². The zero-order chi connectivity index (χ0) is 29.9. The second-order valence-electron chi connectivity index (χ2n) is 12.7. The molecule has 1 saturated carbocycles. The van der Waals surface area contributed by atoms with Gasteiger partial charge in [-0.2, -0.15) is 10.2 Å². The van der Waals surface area contributed by atoms with Crippen LogP contribution < -0.4 is 4.90 Å². The first-order chi connectivity index (χ1) is 20.8. The van der Waals surface area contributed by atoms with E-state index in [0.29, 0.717) is 44.4 Å². The molecule has 0 unspecified atom stereocenters. The van der Waals surface area contributed by atoms with Gasteiger partial charge in [-0.3, -0.25) is 19.4 Å². The number of nitrogens with one attached hydrogen (secondary N) is 1. The summed E-state index contributed by atoms with van der Waals surface area (Å²) < 4.78 is 7.96. The Morgan fingerprint density at radius 3 is 2.56 bits per heavy atom. The second-order valence-corrected chi connectivity index (χ2v) is 13.1. The number of H-pyrrole nitrogens is 1. The number of halogens is 1. The van der Waals surface area contributed by atoms with Gasteiger partial charge in [0.2, 0.25) is 5.91 Å². The van der Waals surface area contributed by atoms with Crippen molar-refractivity contribution < 1.29 is 14.3 Å². The maximum Gasteiger partial charge on any atom is 0.251 e. The number of piperidine rings is 1. The SMILES string of the molecule is C=CC(=O)N1CCC(n2nc(N3CCN(C(=O)[C@@H]4CCCO4)CC34CCC4)c(-c3c(Cl)c(C)cc4[nH]ncc34)c2C)CC1. The van der Waals surface area contributed by atoms with Crippen molar-refractivity contribution in [1.29, 1.82) is 0 Å². The van der Waals surface area contributed by atoms with Crippen molar-refractivity contribution in [2.75, 3.05) is 44.2 Å². The van der Waals surface area contributed by atoms with Crippen LogP contribution in [0.4, 0.5) is 5.82 Å². The lowest BCUT2D eigenvalue weighted by Gasteiger charge is -2.56. The summed E-state index contributed by atoms with van der Waals surface area (Å²) in [4.78, 5) is 32.1. The molecule has 7 rings (SSSR count). The molecule has 0 radical (unpaired) electrons. The molecule has 10 nitrogen and oxygen atoms in total. The zero-order valence-corrected chi connectivity index (χ0v) is 25.8. The molecule has 1 atom stereocenters. The van der Waals surface area contributed by atoms with Crippen molar-refractivity contribution in [2.45, 2.75) is 76.5 Å². The first-order valence-electron chi connectivity index (χ1n) is 15.6. The van der Waals surface area contributed by atoms with Crippen molar-refractivity contribution in [1.82, 2.24) is 29.8 Å². The highest BCUT2D eigenvalue weighted by molar-refractivity contribution is 6.36. The summed E-state index contributed by atoms with van der Waals surface area (Å²) in [5.74, 6) is 1.04. The highest BCUT2D eigenvalue weighted by Gasteiger charge is 2.50. The monoisotopic (exact) mass is 605 g/mol. The molecule has 2 amide bonds. The molecular formula is C32H40ClN7O3. The van der Waals surface area contributed by atoms with E-state index in [9.17, 15) is 9.59 Å². The molecule has 4 aliphatic rings. The van der Waals surface area contributed by atoms with Crippen LogP contribution in [-0.4, -0.2) is 92.6 Å². The first kappa shape index (κ1) is 28.4. The van der Waals surface area contributed by atoms with Crippen LogP contribution in [0.15, 0.2) is 24.9 Å². The summed E-state index contributed by atoms with van der Waals surface area (Å²) in [6.07, 6.45) is 9.49. The van der Waals surface area contributed by atoms with Gasteiger partial charge in [-0.25, -0.2) is 0 Å². The standard InChI is InChI=1S/C32H40ClN7O3/c1-4-26(41)37-12-8-22(9-13-37)40-21(3)27(28-23-18-34-35-24(23)17-20(2)29(28)33)30(36-40)39-15-14-38(19-32(39)10-6-11-32)31(42)25-7-5-16-43-25/h4,17-18,22,25H,1,5-16,19H2,2-3H3,(H,34,35)/t25-/m0/s1. The first-order valence-corrected chi connectivity index (χ1v) is 16.0. The number of amides is 2. The van der Waals surface area contributed by atoms with E-state index in [-0.39, 0.29) is 29.5 Å². The van der Waals surface area contributed by atoms with Crippen molar-refractivity contribution >= 4 is 40.1 Å². The van der Waals surface area contributed by atoms with E-state index < -0.39 is 0 Å². The third-order valence-electron chi connectivity index (χ3n) is 10.3. The number of aromatic amines is 1. The summed E-state index contributed by atoms with van der Waals surface area (Å²) in [6, 6.07) is 2.20. The molecule has 3 aliphatic heterocycles. The number of fused-ring (bicyclic) bond motifs is 1. The normalized spacial score (nSPS) is 22.4. The van der Waals surface area contributed by atoms with Crippen LogP contribution in [0.25, 0.3) is 22.0 Å².